The van der Waals surface area contributed by atoms with Gasteiger partial charge in [-0.15, -0.1) is 11.3 Å². The molecular weight excluding hydrogens is 330 g/mol. The maximum Gasteiger partial charge on any atom is 0.281 e. The van der Waals surface area contributed by atoms with Crippen molar-refractivity contribution < 1.29 is 4.79 Å². The van der Waals surface area contributed by atoms with Crippen LogP contribution in [0.15, 0.2) is 40.8 Å². The van der Waals surface area contributed by atoms with E-state index in [-0.39, 0.29) is 11.4 Å². The van der Waals surface area contributed by atoms with Crippen LogP contribution in [-0.4, -0.2) is 24.2 Å². The first kappa shape index (κ1) is 17.7. The first-order valence-corrected chi connectivity index (χ1v) is 9.59. The number of benzene rings is 1. The number of rotatable bonds is 4. The largest absolute Gasteiger partial charge is 0.366 e. The predicted octanol–water partition coefficient (Wildman–Crippen LogP) is 4.62. The van der Waals surface area contributed by atoms with Crippen LogP contribution in [0.4, 0.5) is 5.69 Å². The SMILES string of the molecule is CCN1c2ccc(/C=N\NC(=O)c3cccs3)cc2C(C)CC1(C)C. The van der Waals surface area contributed by atoms with E-state index in [1.807, 2.05) is 11.4 Å². The Morgan fingerprint density at radius 1 is 1.44 bits per heavy atom. The molecule has 1 atom stereocenters. The number of thiophene rings is 1. The lowest BCUT2D eigenvalue weighted by Crippen LogP contribution is -2.48. The van der Waals surface area contributed by atoms with Gasteiger partial charge in [0.1, 0.15) is 0 Å². The molecule has 1 aliphatic rings. The van der Waals surface area contributed by atoms with Gasteiger partial charge in [-0.1, -0.05) is 19.1 Å². The summed E-state index contributed by atoms with van der Waals surface area (Å²) in [6.07, 6.45) is 2.85. The third kappa shape index (κ3) is 3.61. The van der Waals surface area contributed by atoms with Gasteiger partial charge in [-0.05, 0) is 67.8 Å². The van der Waals surface area contributed by atoms with Crippen molar-refractivity contribution in [2.24, 2.45) is 5.10 Å². The van der Waals surface area contributed by atoms with Crippen LogP contribution in [0.3, 0.4) is 0 Å². The van der Waals surface area contributed by atoms with Crippen LogP contribution in [0.5, 0.6) is 0 Å². The lowest BCUT2D eigenvalue weighted by Gasteiger charge is -2.47. The molecule has 1 aromatic carbocycles. The second-order valence-corrected chi connectivity index (χ2v) is 8.10. The van der Waals surface area contributed by atoms with E-state index < -0.39 is 0 Å². The van der Waals surface area contributed by atoms with Gasteiger partial charge in [-0.3, -0.25) is 4.79 Å². The van der Waals surface area contributed by atoms with Gasteiger partial charge in [0.15, 0.2) is 0 Å². The maximum absolute atomic E-state index is 11.9. The van der Waals surface area contributed by atoms with E-state index in [0.29, 0.717) is 10.8 Å². The Morgan fingerprint density at radius 3 is 2.92 bits per heavy atom. The summed E-state index contributed by atoms with van der Waals surface area (Å²) >= 11 is 1.41. The minimum absolute atomic E-state index is 0.170. The van der Waals surface area contributed by atoms with E-state index >= 15 is 0 Å². The standard InChI is InChI=1S/C20H25N3OS/c1-5-23-17-9-8-15(11-16(17)14(2)12-20(23,3)4)13-21-22-19(24)18-7-6-10-25-18/h6-11,13-14H,5,12H2,1-4H3,(H,22,24)/b21-13-. The first-order valence-electron chi connectivity index (χ1n) is 8.71. The third-order valence-electron chi connectivity index (χ3n) is 4.85. The van der Waals surface area contributed by atoms with Crippen molar-refractivity contribution in [3.05, 3.63) is 51.7 Å². The fourth-order valence-electron chi connectivity index (χ4n) is 3.82. The smallest absolute Gasteiger partial charge is 0.281 e. The zero-order valence-electron chi connectivity index (χ0n) is 15.2. The van der Waals surface area contributed by atoms with Crippen molar-refractivity contribution in [1.29, 1.82) is 0 Å². The lowest BCUT2D eigenvalue weighted by atomic mass is 9.79. The molecule has 1 aromatic heterocycles. The van der Waals surface area contributed by atoms with Crippen LogP contribution in [-0.2, 0) is 0 Å². The third-order valence-corrected chi connectivity index (χ3v) is 5.72. The van der Waals surface area contributed by atoms with Crippen molar-refractivity contribution in [1.82, 2.24) is 5.43 Å². The highest BCUT2D eigenvalue weighted by atomic mass is 32.1. The molecule has 5 heteroatoms. The molecule has 0 saturated carbocycles. The number of hydrazone groups is 1. The topological polar surface area (TPSA) is 44.7 Å². The Morgan fingerprint density at radius 2 is 2.24 bits per heavy atom. The van der Waals surface area contributed by atoms with Gasteiger partial charge >= 0.3 is 0 Å². The van der Waals surface area contributed by atoms with E-state index in [1.54, 1.807) is 12.3 Å². The van der Waals surface area contributed by atoms with Gasteiger partial charge in [0, 0.05) is 17.8 Å². The summed E-state index contributed by atoms with van der Waals surface area (Å²) in [5, 5.41) is 5.99. The van der Waals surface area contributed by atoms with Gasteiger partial charge in [0.05, 0.1) is 11.1 Å². The molecule has 2 heterocycles. The van der Waals surface area contributed by atoms with Gasteiger partial charge < -0.3 is 4.90 Å². The van der Waals surface area contributed by atoms with E-state index in [1.165, 1.54) is 22.6 Å². The number of nitrogens with one attached hydrogen (secondary N) is 1. The molecule has 1 N–H and O–H groups in total. The Labute approximate surface area is 153 Å². The highest BCUT2D eigenvalue weighted by Gasteiger charge is 2.35. The molecule has 1 amide bonds. The highest BCUT2D eigenvalue weighted by molar-refractivity contribution is 7.12. The fourth-order valence-corrected chi connectivity index (χ4v) is 4.43. The van der Waals surface area contributed by atoms with Gasteiger partial charge in [-0.25, -0.2) is 5.43 Å². The number of carbonyl (C=O) groups is 1. The van der Waals surface area contributed by atoms with Crippen LogP contribution < -0.4 is 10.3 Å². The number of carbonyl (C=O) groups excluding carboxylic acids is 1. The van der Waals surface area contributed by atoms with Crippen LogP contribution in [0.2, 0.25) is 0 Å². The van der Waals surface area contributed by atoms with Crippen LogP contribution >= 0.6 is 11.3 Å². The van der Waals surface area contributed by atoms with E-state index in [9.17, 15) is 4.79 Å². The molecule has 1 aliphatic heterocycles. The lowest BCUT2D eigenvalue weighted by molar-refractivity contribution is 0.0959. The molecule has 0 saturated heterocycles. The fraction of sp³-hybridized carbons (Fsp3) is 0.400. The molecule has 132 valence electrons. The molecule has 1 unspecified atom stereocenters. The van der Waals surface area contributed by atoms with Crippen molar-refractivity contribution in [2.75, 3.05) is 11.4 Å². The van der Waals surface area contributed by atoms with Gasteiger partial charge in [0.2, 0.25) is 0 Å². The molecule has 0 radical (unpaired) electrons. The van der Waals surface area contributed by atoms with Crippen LogP contribution in [0.1, 0.15) is 60.8 Å². The molecule has 0 fully saturated rings. The van der Waals surface area contributed by atoms with E-state index in [4.69, 9.17) is 0 Å². The average Bonchev–Trinajstić information content (AvgIpc) is 3.09. The normalized spacial score (nSPS) is 19.0. The number of anilines is 1. The summed E-state index contributed by atoms with van der Waals surface area (Å²) < 4.78 is 0. The molecular formula is C20H25N3OS. The number of hydrogen-bond donors (Lipinski definition) is 1. The molecule has 0 bridgehead atoms. The number of fused-ring (bicyclic) bond motifs is 1. The molecule has 3 rings (SSSR count). The summed E-state index contributed by atoms with van der Waals surface area (Å²) in [6, 6.07) is 10.1. The van der Waals surface area contributed by atoms with Crippen molar-refractivity contribution >= 4 is 29.1 Å². The highest BCUT2D eigenvalue weighted by Crippen LogP contribution is 2.43. The summed E-state index contributed by atoms with van der Waals surface area (Å²) in [5.41, 5.74) is 6.44. The summed E-state index contributed by atoms with van der Waals surface area (Å²) in [5.74, 6) is 0.332. The minimum Gasteiger partial charge on any atom is -0.366 e. The summed E-state index contributed by atoms with van der Waals surface area (Å²) in [4.78, 5) is 15.1. The van der Waals surface area contributed by atoms with Crippen molar-refractivity contribution in [2.45, 2.75) is 45.6 Å². The van der Waals surface area contributed by atoms with Gasteiger partial charge in [0.25, 0.3) is 5.91 Å². The number of hydrogen-bond acceptors (Lipinski definition) is 4. The molecule has 2 aromatic rings. The molecule has 4 nitrogen and oxygen atoms in total. The zero-order valence-corrected chi connectivity index (χ0v) is 16.1. The average molecular weight is 356 g/mol. The number of amides is 1. The Kier molecular flexibility index (Phi) is 4.95. The molecule has 0 spiro atoms. The second-order valence-electron chi connectivity index (χ2n) is 7.16. The maximum atomic E-state index is 11.9. The van der Waals surface area contributed by atoms with Crippen molar-refractivity contribution in [3.8, 4) is 0 Å². The first-order chi connectivity index (χ1) is 11.9. The Balaban J connectivity index is 1.78. The molecule has 0 aliphatic carbocycles. The minimum atomic E-state index is -0.170. The van der Waals surface area contributed by atoms with Crippen LogP contribution in [0, 0.1) is 0 Å². The quantitative estimate of drug-likeness (QED) is 0.642. The molecule has 25 heavy (non-hydrogen) atoms. The van der Waals surface area contributed by atoms with Crippen LogP contribution in [0.25, 0.3) is 0 Å². The van der Waals surface area contributed by atoms with E-state index in [2.05, 4.69) is 61.3 Å². The predicted molar refractivity (Wildman–Crippen MR) is 106 cm³/mol. The van der Waals surface area contributed by atoms with E-state index in [0.717, 1.165) is 18.5 Å². The monoisotopic (exact) mass is 355 g/mol. The van der Waals surface area contributed by atoms with Crippen molar-refractivity contribution in [3.63, 3.8) is 0 Å². The van der Waals surface area contributed by atoms with Gasteiger partial charge in [-0.2, -0.15) is 5.10 Å². The zero-order chi connectivity index (χ0) is 18.0. The Hall–Kier alpha value is -2.14. The summed E-state index contributed by atoms with van der Waals surface area (Å²) in [7, 11) is 0. The summed E-state index contributed by atoms with van der Waals surface area (Å²) in [6.45, 7) is 10.1. The second kappa shape index (κ2) is 7.00. The number of nitrogens with zero attached hydrogens (tertiary/aromatic N) is 2. The Bertz CT molecular complexity index is 780.